The van der Waals surface area contributed by atoms with Gasteiger partial charge in [0.05, 0.1) is 6.61 Å². The molecule has 82 valence electrons. The summed E-state index contributed by atoms with van der Waals surface area (Å²) in [4.78, 5) is 11.6. The summed E-state index contributed by atoms with van der Waals surface area (Å²) in [6.45, 7) is 4.73. The number of carbonyl (C=O) groups excluding carboxylic acids is 1. The smallest absolute Gasteiger partial charge is 0.326 e. The van der Waals surface area contributed by atoms with E-state index in [1.54, 1.807) is 0 Å². The number of esters is 1. The normalized spacial score (nSPS) is 20.0. The Labute approximate surface area is 86.0 Å². The predicted octanol–water partition coefficient (Wildman–Crippen LogP) is 1.85. The molecule has 0 spiro atoms. The molecule has 0 aliphatic heterocycles. The van der Waals surface area contributed by atoms with Gasteiger partial charge in [-0.15, -0.1) is 0 Å². The minimum Gasteiger partial charge on any atom is -0.464 e. The molecule has 0 unspecified atom stereocenters. The first kappa shape index (κ1) is 11.5. The molecule has 0 aromatic heterocycles. The van der Waals surface area contributed by atoms with Crippen LogP contribution in [0.2, 0.25) is 0 Å². The van der Waals surface area contributed by atoms with Gasteiger partial charge >= 0.3 is 5.97 Å². The van der Waals surface area contributed by atoms with E-state index in [0.717, 1.165) is 32.1 Å². The minimum absolute atomic E-state index is 0.198. The lowest BCUT2D eigenvalue weighted by molar-refractivity contribution is -0.150. The van der Waals surface area contributed by atoms with E-state index in [1.165, 1.54) is 0 Å². The summed E-state index contributed by atoms with van der Waals surface area (Å²) in [6, 6.07) is 0. The summed E-state index contributed by atoms with van der Waals surface area (Å²) < 4.78 is 5.18. The summed E-state index contributed by atoms with van der Waals surface area (Å²) in [5.74, 6) is 0.371. The molecule has 3 heteroatoms. The van der Waals surface area contributed by atoms with Crippen LogP contribution in [0.3, 0.4) is 0 Å². The largest absolute Gasteiger partial charge is 0.464 e. The van der Waals surface area contributed by atoms with E-state index in [-0.39, 0.29) is 5.97 Å². The molecule has 0 bridgehead atoms. The highest BCUT2D eigenvalue weighted by Crippen LogP contribution is 2.28. The third-order valence-electron chi connectivity index (χ3n) is 2.83. The highest BCUT2D eigenvalue weighted by Gasteiger charge is 2.38. The van der Waals surface area contributed by atoms with Crippen LogP contribution in [0.15, 0.2) is 0 Å². The molecule has 1 rings (SSSR count). The SMILES string of the molecule is CC(C)CCOC(=O)C1(N)CCCC1. The molecule has 0 aromatic rings. The Morgan fingerprint density at radius 2 is 2.00 bits per heavy atom. The third kappa shape index (κ3) is 2.98. The average molecular weight is 199 g/mol. The lowest BCUT2D eigenvalue weighted by Crippen LogP contribution is -2.46. The average Bonchev–Trinajstić information content (AvgIpc) is 2.52. The van der Waals surface area contributed by atoms with E-state index < -0.39 is 5.54 Å². The molecule has 3 nitrogen and oxygen atoms in total. The van der Waals surface area contributed by atoms with Crippen molar-refractivity contribution in [1.29, 1.82) is 0 Å². The van der Waals surface area contributed by atoms with Crippen LogP contribution in [-0.2, 0) is 9.53 Å². The zero-order valence-electron chi connectivity index (χ0n) is 9.21. The van der Waals surface area contributed by atoms with E-state index in [4.69, 9.17) is 10.5 Å². The van der Waals surface area contributed by atoms with Crippen LogP contribution in [0.25, 0.3) is 0 Å². The zero-order chi connectivity index (χ0) is 10.6. The molecule has 1 saturated carbocycles. The second-order valence-electron chi connectivity index (χ2n) is 4.68. The summed E-state index contributed by atoms with van der Waals surface area (Å²) in [5.41, 5.74) is 5.28. The summed E-state index contributed by atoms with van der Waals surface area (Å²) >= 11 is 0. The maximum Gasteiger partial charge on any atom is 0.326 e. The van der Waals surface area contributed by atoms with Gasteiger partial charge in [-0.05, 0) is 25.2 Å². The fourth-order valence-corrected chi connectivity index (χ4v) is 1.74. The number of hydrogen-bond acceptors (Lipinski definition) is 3. The highest BCUT2D eigenvalue weighted by molar-refractivity contribution is 5.80. The lowest BCUT2D eigenvalue weighted by Gasteiger charge is -2.21. The Morgan fingerprint density at radius 3 is 2.50 bits per heavy atom. The number of carbonyl (C=O) groups is 1. The van der Waals surface area contributed by atoms with Gasteiger partial charge in [0.2, 0.25) is 0 Å². The predicted molar refractivity (Wildman–Crippen MR) is 55.8 cm³/mol. The van der Waals surface area contributed by atoms with E-state index in [1.807, 2.05) is 0 Å². The number of rotatable bonds is 4. The molecule has 1 fully saturated rings. The quantitative estimate of drug-likeness (QED) is 0.703. The van der Waals surface area contributed by atoms with Gasteiger partial charge in [-0.3, -0.25) is 4.79 Å². The molecule has 0 aromatic carbocycles. The first-order valence-corrected chi connectivity index (χ1v) is 5.51. The number of hydrogen-bond donors (Lipinski definition) is 1. The fraction of sp³-hybridized carbons (Fsp3) is 0.909. The summed E-state index contributed by atoms with van der Waals surface area (Å²) in [6.07, 6.45) is 4.59. The van der Waals surface area contributed by atoms with Gasteiger partial charge in [-0.1, -0.05) is 26.7 Å². The molecular weight excluding hydrogens is 178 g/mol. The Kier molecular flexibility index (Phi) is 3.93. The molecular formula is C11H21NO2. The Morgan fingerprint density at radius 1 is 1.43 bits per heavy atom. The molecule has 1 aliphatic carbocycles. The van der Waals surface area contributed by atoms with Crippen LogP contribution in [0, 0.1) is 5.92 Å². The van der Waals surface area contributed by atoms with Crippen molar-refractivity contribution in [3.8, 4) is 0 Å². The highest BCUT2D eigenvalue weighted by atomic mass is 16.5. The maximum atomic E-state index is 11.6. The Balaban J connectivity index is 2.27. The van der Waals surface area contributed by atoms with E-state index in [0.29, 0.717) is 12.5 Å². The summed E-state index contributed by atoms with van der Waals surface area (Å²) in [5, 5.41) is 0. The van der Waals surface area contributed by atoms with Crippen molar-refractivity contribution in [1.82, 2.24) is 0 Å². The van der Waals surface area contributed by atoms with Crippen LogP contribution in [-0.4, -0.2) is 18.1 Å². The first-order chi connectivity index (χ1) is 6.54. The molecule has 0 radical (unpaired) electrons. The van der Waals surface area contributed by atoms with Crippen molar-refractivity contribution in [2.45, 2.75) is 51.5 Å². The molecule has 0 heterocycles. The molecule has 0 amide bonds. The van der Waals surface area contributed by atoms with Gasteiger partial charge < -0.3 is 10.5 Å². The number of nitrogens with two attached hydrogens (primary N) is 1. The van der Waals surface area contributed by atoms with Crippen LogP contribution < -0.4 is 5.73 Å². The van der Waals surface area contributed by atoms with Gasteiger partial charge in [-0.2, -0.15) is 0 Å². The van der Waals surface area contributed by atoms with Crippen LogP contribution in [0.5, 0.6) is 0 Å². The van der Waals surface area contributed by atoms with Gasteiger partial charge in [0.25, 0.3) is 0 Å². The Bertz CT molecular complexity index is 195. The Hall–Kier alpha value is -0.570. The van der Waals surface area contributed by atoms with Crippen molar-refractivity contribution in [3.05, 3.63) is 0 Å². The van der Waals surface area contributed by atoms with E-state index in [2.05, 4.69) is 13.8 Å². The van der Waals surface area contributed by atoms with Gasteiger partial charge in [-0.25, -0.2) is 0 Å². The zero-order valence-corrected chi connectivity index (χ0v) is 9.21. The molecule has 14 heavy (non-hydrogen) atoms. The van der Waals surface area contributed by atoms with Crippen LogP contribution in [0.4, 0.5) is 0 Å². The van der Waals surface area contributed by atoms with Crippen molar-refractivity contribution in [2.24, 2.45) is 11.7 Å². The topological polar surface area (TPSA) is 52.3 Å². The van der Waals surface area contributed by atoms with Gasteiger partial charge in [0, 0.05) is 0 Å². The second-order valence-corrected chi connectivity index (χ2v) is 4.68. The van der Waals surface area contributed by atoms with Crippen molar-refractivity contribution in [2.75, 3.05) is 6.61 Å². The van der Waals surface area contributed by atoms with Crippen LogP contribution in [0.1, 0.15) is 46.0 Å². The van der Waals surface area contributed by atoms with Crippen molar-refractivity contribution in [3.63, 3.8) is 0 Å². The van der Waals surface area contributed by atoms with E-state index >= 15 is 0 Å². The number of ether oxygens (including phenoxy) is 1. The molecule has 0 atom stereocenters. The fourth-order valence-electron chi connectivity index (χ4n) is 1.74. The van der Waals surface area contributed by atoms with Crippen molar-refractivity contribution < 1.29 is 9.53 Å². The molecule has 1 aliphatic rings. The lowest BCUT2D eigenvalue weighted by atomic mass is 10.00. The van der Waals surface area contributed by atoms with E-state index in [9.17, 15) is 4.79 Å². The monoisotopic (exact) mass is 199 g/mol. The minimum atomic E-state index is -0.670. The van der Waals surface area contributed by atoms with Crippen molar-refractivity contribution >= 4 is 5.97 Å². The molecule has 2 N–H and O–H groups in total. The molecule has 0 saturated heterocycles. The van der Waals surface area contributed by atoms with Gasteiger partial charge in [0.15, 0.2) is 0 Å². The summed E-state index contributed by atoms with van der Waals surface area (Å²) in [7, 11) is 0. The van der Waals surface area contributed by atoms with Crippen LogP contribution >= 0.6 is 0 Å². The first-order valence-electron chi connectivity index (χ1n) is 5.51. The standard InChI is InChI=1S/C11H21NO2/c1-9(2)5-8-14-10(13)11(12)6-3-4-7-11/h9H,3-8,12H2,1-2H3. The third-order valence-corrected chi connectivity index (χ3v) is 2.83. The second kappa shape index (κ2) is 4.78. The van der Waals surface area contributed by atoms with Gasteiger partial charge in [0.1, 0.15) is 5.54 Å². The maximum absolute atomic E-state index is 11.6.